The second-order valence-corrected chi connectivity index (χ2v) is 6.55. The van der Waals surface area contributed by atoms with Crippen LogP contribution in [-0.4, -0.2) is 45.2 Å². The zero-order valence-electron chi connectivity index (χ0n) is 15.9. The second-order valence-electron chi connectivity index (χ2n) is 6.55. The zero-order valence-corrected chi connectivity index (χ0v) is 15.9. The average molecular weight is 363 g/mol. The van der Waals surface area contributed by atoms with Crippen LogP contribution in [0.15, 0.2) is 18.2 Å². The lowest BCUT2D eigenvalue weighted by atomic mass is 10.0. The number of rotatable bonds is 8. The fourth-order valence-corrected chi connectivity index (χ4v) is 3.39. The molecule has 0 bridgehead atoms. The molecule has 7 heteroatoms. The summed E-state index contributed by atoms with van der Waals surface area (Å²) in [5.74, 6) is 1.16. The van der Waals surface area contributed by atoms with E-state index >= 15 is 0 Å². The fourth-order valence-electron chi connectivity index (χ4n) is 3.39. The van der Waals surface area contributed by atoms with Crippen molar-refractivity contribution in [2.45, 2.75) is 44.8 Å². The van der Waals surface area contributed by atoms with Crippen LogP contribution >= 0.6 is 0 Å². The van der Waals surface area contributed by atoms with Crippen LogP contribution in [0.5, 0.6) is 11.5 Å². The quantitative estimate of drug-likeness (QED) is 0.646. The fraction of sp³-hybridized carbons (Fsp3) is 0.579. The predicted octanol–water partition coefficient (Wildman–Crippen LogP) is 1.21. The van der Waals surface area contributed by atoms with Crippen LogP contribution in [0.4, 0.5) is 0 Å². The van der Waals surface area contributed by atoms with Crippen molar-refractivity contribution in [1.29, 1.82) is 0 Å². The minimum Gasteiger partial charge on any atom is -0.493 e. The number of nitrogens with one attached hydrogen (secondary N) is 3. The molecule has 0 aliphatic heterocycles. The normalized spacial score (nSPS) is 20.3. The maximum absolute atomic E-state index is 12.4. The monoisotopic (exact) mass is 363 g/mol. The molecule has 1 aliphatic rings. The number of amides is 2. The van der Waals surface area contributed by atoms with Crippen molar-refractivity contribution in [2.24, 2.45) is 5.92 Å². The highest BCUT2D eigenvalue weighted by atomic mass is 16.5. The highest BCUT2D eigenvalue weighted by molar-refractivity contribution is 5.82. The first-order valence-electron chi connectivity index (χ1n) is 8.96. The summed E-state index contributed by atoms with van der Waals surface area (Å²) >= 11 is 0. The van der Waals surface area contributed by atoms with E-state index in [-0.39, 0.29) is 29.8 Å². The maximum Gasteiger partial charge on any atom is 0.237 e. The van der Waals surface area contributed by atoms with Crippen LogP contribution in [0.25, 0.3) is 0 Å². The van der Waals surface area contributed by atoms with Gasteiger partial charge < -0.3 is 25.4 Å². The van der Waals surface area contributed by atoms with Gasteiger partial charge in [0, 0.05) is 19.6 Å². The molecular formula is C19H29N3O4. The molecule has 1 saturated carbocycles. The standard InChI is InChI=1S/C19H29N3O4/c1-12(22-15-7-5-6-14(15)19(24)20-2)18(23)21-11-13-8-9-16(25-3)17(10-13)26-4/h8-10,12,14-15,22H,5-7,11H2,1-4H3,(H,20,24)(H,21,23). The number of carbonyl (C=O) groups is 2. The lowest BCUT2D eigenvalue weighted by molar-refractivity contribution is -0.126. The van der Waals surface area contributed by atoms with E-state index in [4.69, 9.17) is 9.47 Å². The van der Waals surface area contributed by atoms with E-state index in [1.165, 1.54) is 0 Å². The van der Waals surface area contributed by atoms with Gasteiger partial charge in [-0.25, -0.2) is 0 Å². The zero-order chi connectivity index (χ0) is 19.1. The molecule has 2 amide bonds. The molecule has 0 heterocycles. The molecule has 1 aromatic rings. The number of methoxy groups -OCH3 is 2. The van der Waals surface area contributed by atoms with Gasteiger partial charge in [-0.15, -0.1) is 0 Å². The van der Waals surface area contributed by atoms with Crippen LogP contribution in [0.3, 0.4) is 0 Å². The van der Waals surface area contributed by atoms with Gasteiger partial charge in [-0.1, -0.05) is 12.5 Å². The van der Waals surface area contributed by atoms with Crippen molar-refractivity contribution in [1.82, 2.24) is 16.0 Å². The minimum absolute atomic E-state index is 0.0387. The van der Waals surface area contributed by atoms with E-state index in [0.29, 0.717) is 18.0 Å². The Morgan fingerprint density at radius 3 is 2.58 bits per heavy atom. The highest BCUT2D eigenvalue weighted by Gasteiger charge is 2.33. The van der Waals surface area contributed by atoms with Gasteiger partial charge >= 0.3 is 0 Å². The third kappa shape index (κ3) is 4.88. The minimum atomic E-state index is -0.370. The summed E-state index contributed by atoms with van der Waals surface area (Å²) in [4.78, 5) is 24.3. The lowest BCUT2D eigenvalue weighted by Gasteiger charge is -2.23. The summed E-state index contributed by atoms with van der Waals surface area (Å²) in [7, 11) is 4.81. The van der Waals surface area contributed by atoms with E-state index in [1.54, 1.807) is 21.3 Å². The van der Waals surface area contributed by atoms with Gasteiger partial charge in [0.2, 0.25) is 11.8 Å². The Hall–Kier alpha value is -2.28. The van der Waals surface area contributed by atoms with Crippen LogP contribution in [0.1, 0.15) is 31.7 Å². The molecule has 3 N–H and O–H groups in total. The van der Waals surface area contributed by atoms with E-state index < -0.39 is 0 Å². The van der Waals surface area contributed by atoms with Gasteiger partial charge in [0.15, 0.2) is 11.5 Å². The van der Waals surface area contributed by atoms with Crippen molar-refractivity contribution in [3.63, 3.8) is 0 Å². The molecule has 3 atom stereocenters. The first-order chi connectivity index (χ1) is 12.5. The Kier molecular flexibility index (Phi) is 7.26. The van der Waals surface area contributed by atoms with Gasteiger partial charge in [-0.2, -0.15) is 0 Å². The van der Waals surface area contributed by atoms with Gasteiger partial charge in [0.05, 0.1) is 26.2 Å². The number of ether oxygens (including phenoxy) is 2. The van der Waals surface area contributed by atoms with Crippen molar-refractivity contribution < 1.29 is 19.1 Å². The molecule has 1 fully saturated rings. The topological polar surface area (TPSA) is 88.7 Å². The average Bonchev–Trinajstić information content (AvgIpc) is 3.13. The summed E-state index contributed by atoms with van der Waals surface area (Å²) in [6.07, 6.45) is 2.76. The first kappa shape index (κ1) is 20.0. The number of hydrogen-bond acceptors (Lipinski definition) is 5. The molecule has 0 aromatic heterocycles. The predicted molar refractivity (Wildman–Crippen MR) is 99.2 cm³/mol. The molecule has 144 valence electrons. The Morgan fingerprint density at radius 1 is 1.19 bits per heavy atom. The van der Waals surface area contributed by atoms with Crippen LogP contribution < -0.4 is 25.4 Å². The number of benzene rings is 1. The molecular weight excluding hydrogens is 334 g/mol. The lowest BCUT2D eigenvalue weighted by Crippen LogP contribution is -2.49. The summed E-state index contributed by atoms with van der Waals surface area (Å²) in [5.41, 5.74) is 0.923. The Bertz CT molecular complexity index is 635. The summed E-state index contributed by atoms with van der Waals surface area (Å²) in [5, 5.41) is 8.93. The van der Waals surface area contributed by atoms with Crippen molar-refractivity contribution in [3.8, 4) is 11.5 Å². The second kappa shape index (κ2) is 9.43. The van der Waals surface area contributed by atoms with E-state index in [0.717, 1.165) is 24.8 Å². The molecule has 26 heavy (non-hydrogen) atoms. The Morgan fingerprint density at radius 2 is 1.92 bits per heavy atom. The maximum atomic E-state index is 12.4. The summed E-state index contributed by atoms with van der Waals surface area (Å²) in [6.45, 7) is 2.22. The van der Waals surface area contributed by atoms with Gasteiger partial charge in [-0.05, 0) is 37.5 Å². The highest BCUT2D eigenvalue weighted by Crippen LogP contribution is 2.28. The molecule has 0 radical (unpaired) electrons. The Balaban J connectivity index is 1.88. The molecule has 2 rings (SSSR count). The number of hydrogen-bond donors (Lipinski definition) is 3. The summed E-state index contributed by atoms with van der Waals surface area (Å²) in [6, 6.07) is 5.21. The third-order valence-electron chi connectivity index (χ3n) is 4.87. The Labute approximate surface area is 154 Å². The molecule has 1 aliphatic carbocycles. The van der Waals surface area contributed by atoms with Crippen LogP contribution in [0, 0.1) is 5.92 Å². The molecule has 0 spiro atoms. The largest absolute Gasteiger partial charge is 0.493 e. The van der Waals surface area contributed by atoms with E-state index in [9.17, 15) is 9.59 Å². The molecule has 0 saturated heterocycles. The van der Waals surface area contributed by atoms with Gasteiger partial charge in [0.1, 0.15) is 0 Å². The number of carbonyl (C=O) groups excluding carboxylic acids is 2. The SMILES string of the molecule is CNC(=O)C1CCCC1NC(C)C(=O)NCc1ccc(OC)c(OC)c1. The summed E-state index contributed by atoms with van der Waals surface area (Å²) < 4.78 is 10.5. The molecule has 3 unspecified atom stereocenters. The van der Waals surface area contributed by atoms with Crippen molar-refractivity contribution in [2.75, 3.05) is 21.3 Å². The van der Waals surface area contributed by atoms with Gasteiger partial charge in [-0.3, -0.25) is 9.59 Å². The van der Waals surface area contributed by atoms with Gasteiger partial charge in [0.25, 0.3) is 0 Å². The van der Waals surface area contributed by atoms with Crippen LogP contribution in [0.2, 0.25) is 0 Å². The molecule has 7 nitrogen and oxygen atoms in total. The van der Waals surface area contributed by atoms with E-state index in [2.05, 4.69) is 16.0 Å². The van der Waals surface area contributed by atoms with Crippen LogP contribution in [-0.2, 0) is 16.1 Å². The third-order valence-corrected chi connectivity index (χ3v) is 4.87. The van der Waals surface area contributed by atoms with Crippen molar-refractivity contribution in [3.05, 3.63) is 23.8 Å². The van der Waals surface area contributed by atoms with Crippen molar-refractivity contribution >= 4 is 11.8 Å². The van der Waals surface area contributed by atoms with E-state index in [1.807, 2.05) is 25.1 Å². The first-order valence-corrected chi connectivity index (χ1v) is 8.96. The molecule has 1 aromatic carbocycles. The smallest absolute Gasteiger partial charge is 0.237 e.